The van der Waals surface area contributed by atoms with Crippen LogP contribution in [0, 0.1) is 25.5 Å². The Balaban J connectivity index is 0.000000177. The van der Waals surface area contributed by atoms with Crippen molar-refractivity contribution in [2.75, 3.05) is 6.61 Å². The maximum Gasteiger partial charge on any atom is 0.419 e. The molecule has 0 N–H and O–H groups in total. The van der Waals surface area contributed by atoms with Gasteiger partial charge in [0.2, 0.25) is 0 Å². The number of alkyl halides is 3. The van der Waals surface area contributed by atoms with Gasteiger partial charge in [0.05, 0.1) is 35.3 Å². The number of aromatic nitrogens is 6. The van der Waals surface area contributed by atoms with Crippen LogP contribution in [-0.2, 0) is 10.9 Å². The highest BCUT2D eigenvalue weighted by Gasteiger charge is 2.35. The highest BCUT2D eigenvalue weighted by atomic mass is 19.4. The summed E-state index contributed by atoms with van der Waals surface area (Å²) in [5, 5.41) is 4.39. The normalized spacial score (nSPS) is 17.8. The van der Waals surface area contributed by atoms with E-state index in [9.17, 15) is 22.0 Å². The maximum absolute atomic E-state index is 14.1. The molecule has 1 aliphatic carbocycles. The standard InChI is InChI=1S/C15H9F5N4.C11H16N2O/c1-6-7(2)24-14-13(23-6)12(21-5-22-14)8-3-9(15(18,19)20)11(17)4-10(8)16;1-2-6-14-11(3-1)9-7-12-13(8-9)10-4-5-10/h3-5H,1-2H3;7-8,10-11H,1-6H2. The lowest BCUT2D eigenvalue weighted by molar-refractivity contribution is -0.140. The summed E-state index contributed by atoms with van der Waals surface area (Å²) in [5.74, 6) is -2.87. The molecule has 2 fully saturated rings. The summed E-state index contributed by atoms with van der Waals surface area (Å²) in [6.45, 7) is 4.24. The van der Waals surface area contributed by atoms with E-state index in [4.69, 9.17) is 4.74 Å². The summed E-state index contributed by atoms with van der Waals surface area (Å²) in [6, 6.07) is 1.25. The van der Waals surface area contributed by atoms with Crippen molar-refractivity contribution in [1.82, 2.24) is 29.7 Å². The number of nitrogens with zero attached hydrogens (tertiary/aromatic N) is 6. The Bertz CT molecular complexity index is 1460. The number of halogens is 5. The summed E-state index contributed by atoms with van der Waals surface area (Å²) in [7, 11) is 0. The molecule has 2 aliphatic rings. The molecular weight excluding hydrogens is 507 g/mol. The molecule has 0 bridgehead atoms. The molecule has 4 heterocycles. The average molecular weight is 533 g/mol. The SMILES string of the molecule is Cc1nc2ncnc(-c3cc(C(F)(F)F)c(F)cc3F)c2nc1C.c1nn(C2CC2)cc1C1CCCCO1. The fraction of sp³-hybridized carbons (Fsp3) is 0.423. The number of benzene rings is 1. The zero-order chi connectivity index (χ0) is 27.0. The Hall–Kier alpha value is -3.54. The van der Waals surface area contributed by atoms with Gasteiger partial charge in [-0.2, -0.15) is 18.3 Å². The molecule has 0 radical (unpaired) electrons. The Morgan fingerprint density at radius 3 is 2.39 bits per heavy atom. The molecule has 6 rings (SSSR count). The molecule has 1 saturated carbocycles. The number of fused-ring (bicyclic) bond motifs is 1. The van der Waals surface area contributed by atoms with Gasteiger partial charge in [0, 0.05) is 30.0 Å². The molecule has 7 nitrogen and oxygen atoms in total. The molecule has 38 heavy (non-hydrogen) atoms. The van der Waals surface area contributed by atoms with Crippen molar-refractivity contribution in [2.24, 2.45) is 0 Å². The predicted molar refractivity (Wildman–Crippen MR) is 128 cm³/mol. The first-order chi connectivity index (χ1) is 18.1. The molecule has 1 aliphatic heterocycles. The second kappa shape index (κ2) is 10.3. The van der Waals surface area contributed by atoms with Crippen LogP contribution in [0.25, 0.3) is 22.4 Å². The van der Waals surface area contributed by atoms with E-state index in [1.165, 1.54) is 31.2 Å². The molecule has 0 amide bonds. The molecule has 3 aromatic heterocycles. The van der Waals surface area contributed by atoms with Gasteiger partial charge in [0.1, 0.15) is 29.2 Å². The Morgan fingerprint density at radius 2 is 1.71 bits per heavy atom. The van der Waals surface area contributed by atoms with Crippen molar-refractivity contribution < 1.29 is 26.7 Å². The average Bonchev–Trinajstić information content (AvgIpc) is 3.61. The Kier molecular flexibility index (Phi) is 7.08. The Labute approximate surface area is 215 Å². The number of rotatable bonds is 3. The van der Waals surface area contributed by atoms with Crippen molar-refractivity contribution in [3.05, 3.63) is 65.0 Å². The zero-order valence-electron chi connectivity index (χ0n) is 20.8. The maximum atomic E-state index is 14.1. The van der Waals surface area contributed by atoms with Crippen LogP contribution in [0.1, 0.15) is 66.8 Å². The minimum Gasteiger partial charge on any atom is -0.373 e. The van der Waals surface area contributed by atoms with Crippen LogP contribution in [0.3, 0.4) is 0 Å². The van der Waals surface area contributed by atoms with E-state index in [0.29, 0.717) is 29.6 Å². The van der Waals surface area contributed by atoms with E-state index < -0.39 is 28.9 Å². The van der Waals surface area contributed by atoms with Crippen molar-refractivity contribution in [3.63, 3.8) is 0 Å². The van der Waals surface area contributed by atoms with E-state index in [-0.39, 0.29) is 22.9 Å². The highest BCUT2D eigenvalue weighted by molar-refractivity contribution is 5.87. The largest absolute Gasteiger partial charge is 0.419 e. The third-order valence-electron chi connectivity index (χ3n) is 6.59. The zero-order valence-corrected chi connectivity index (χ0v) is 20.8. The van der Waals surface area contributed by atoms with Gasteiger partial charge in [-0.1, -0.05) is 0 Å². The summed E-state index contributed by atoms with van der Waals surface area (Å²) < 4.78 is 74.0. The molecule has 0 spiro atoms. The van der Waals surface area contributed by atoms with Crippen LogP contribution in [0.5, 0.6) is 0 Å². The smallest absolute Gasteiger partial charge is 0.373 e. The van der Waals surface area contributed by atoms with Crippen molar-refractivity contribution >= 4 is 11.2 Å². The van der Waals surface area contributed by atoms with Crippen molar-refractivity contribution in [3.8, 4) is 11.3 Å². The first-order valence-electron chi connectivity index (χ1n) is 12.3. The van der Waals surface area contributed by atoms with Gasteiger partial charge < -0.3 is 4.74 Å². The summed E-state index contributed by atoms with van der Waals surface area (Å²) in [4.78, 5) is 16.0. The van der Waals surface area contributed by atoms with Gasteiger partial charge in [0.15, 0.2) is 5.65 Å². The van der Waals surface area contributed by atoms with Gasteiger partial charge in [-0.25, -0.2) is 28.7 Å². The number of hydrogen-bond acceptors (Lipinski definition) is 6. The van der Waals surface area contributed by atoms with Gasteiger partial charge in [-0.05, 0) is 52.0 Å². The predicted octanol–water partition coefficient (Wildman–Crippen LogP) is 6.46. The van der Waals surface area contributed by atoms with Gasteiger partial charge >= 0.3 is 6.18 Å². The summed E-state index contributed by atoms with van der Waals surface area (Å²) in [5.41, 5.74) is 0.214. The third kappa shape index (κ3) is 5.50. The topological polar surface area (TPSA) is 78.6 Å². The molecule has 200 valence electrons. The van der Waals surface area contributed by atoms with Crippen molar-refractivity contribution in [1.29, 1.82) is 0 Å². The number of hydrogen-bond donors (Lipinski definition) is 0. The number of aryl methyl sites for hydroxylation is 2. The number of ether oxygens (including phenoxy) is 1. The molecular formula is C26H25F5N6O. The quantitative estimate of drug-likeness (QED) is 0.282. The van der Waals surface area contributed by atoms with Crippen LogP contribution in [0.4, 0.5) is 22.0 Å². The van der Waals surface area contributed by atoms with E-state index in [2.05, 4.69) is 35.9 Å². The van der Waals surface area contributed by atoms with E-state index in [1.807, 2.05) is 6.20 Å². The molecule has 1 saturated heterocycles. The lowest BCUT2D eigenvalue weighted by atomic mass is 10.0. The molecule has 1 atom stereocenters. The van der Waals surface area contributed by atoms with Gasteiger partial charge in [0.25, 0.3) is 0 Å². The lowest BCUT2D eigenvalue weighted by Crippen LogP contribution is -2.10. The van der Waals surface area contributed by atoms with E-state index >= 15 is 0 Å². The summed E-state index contributed by atoms with van der Waals surface area (Å²) >= 11 is 0. The lowest BCUT2D eigenvalue weighted by Gasteiger charge is -2.21. The van der Waals surface area contributed by atoms with Crippen LogP contribution in [0.15, 0.2) is 30.9 Å². The van der Waals surface area contributed by atoms with Crippen molar-refractivity contribution in [2.45, 2.75) is 64.3 Å². The fourth-order valence-corrected chi connectivity index (χ4v) is 4.25. The fourth-order valence-electron chi connectivity index (χ4n) is 4.25. The second-order valence-corrected chi connectivity index (χ2v) is 9.44. The van der Waals surface area contributed by atoms with Crippen LogP contribution in [0.2, 0.25) is 0 Å². The first-order valence-corrected chi connectivity index (χ1v) is 12.3. The van der Waals surface area contributed by atoms with Crippen LogP contribution in [-0.4, -0.2) is 36.3 Å². The Morgan fingerprint density at radius 1 is 0.947 bits per heavy atom. The monoisotopic (exact) mass is 532 g/mol. The minimum atomic E-state index is -4.96. The van der Waals surface area contributed by atoms with Gasteiger partial charge in [-0.15, -0.1) is 0 Å². The molecule has 4 aromatic rings. The molecule has 12 heteroatoms. The first kappa shape index (κ1) is 26.1. The van der Waals surface area contributed by atoms with E-state index in [1.54, 1.807) is 13.8 Å². The van der Waals surface area contributed by atoms with Crippen LogP contribution < -0.4 is 0 Å². The minimum absolute atomic E-state index is 0.0410. The highest BCUT2D eigenvalue weighted by Crippen LogP contribution is 2.37. The van der Waals surface area contributed by atoms with Gasteiger partial charge in [-0.3, -0.25) is 4.68 Å². The molecule has 1 unspecified atom stereocenters. The molecule has 1 aromatic carbocycles. The van der Waals surface area contributed by atoms with E-state index in [0.717, 1.165) is 19.4 Å². The third-order valence-corrected chi connectivity index (χ3v) is 6.59. The van der Waals surface area contributed by atoms with Crippen LogP contribution >= 0.6 is 0 Å². The summed E-state index contributed by atoms with van der Waals surface area (Å²) in [6.07, 6.45) is 6.81. The second-order valence-electron chi connectivity index (χ2n) is 9.44.